The van der Waals surface area contributed by atoms with Gasteiger partial charge in [0.2, 0.25) is 0 Å². The Bertz CT molecular complexity index is 730. The van der Waals surface area contributed by atoms with Crippen molar-refractivity contribution in [1.29, 1.82) is 0 Å². The number of nitrogens with one attached hydrogen (secondary N) is 1. The molecule has 1 aromatic heterocycles. The van der Waals surface area contributed by atoms with E-state index < -0.39 is 5.56 Å². The molecule has 2 N–H and O–H groups in total. The first-order valence-corrected chi connectivity index (χ1v) is 7.72. The number of hydrogen-bond donors (Lipinski definition) is 2. The summed E-state index contributed by atoms with van der Waals surface area (Å²) in [7, 11) is 0. The van der Waals surface area contributed by atoms with Gasteiger partial charge in [0.25, 0.3) is 5.56 Å². The predicted octanol–water partition coefficient (Wildman–Crippen LogP) is 3.38. The van der Waals surface area contributed by atoms with Gasteiger partial charge in [-0.2, -0.15) is 9.78 Å². The van der Waals surface area contributed by atoms with E-state index in [4.69, 9.17) is 34.8 Å². The molecule has 0 radical (unpaired) electrons. The molecule has 0 fully saturated rings. The number of aromatic nitrogens is 2. The lowest BCUT2D eigenvalue weighted by Crippen LogP contribution is -2.27. The number of aliphatic hydroxyl groups excluding tert-OH is 1. The molecule has 118 valence electrons. The first kappa shape index (κ1) is 17.1. The van der Waals surface area contributed by atoms with Gasteiger partial charge >= 0.3 is 0 Å². The Kier molecular flexibility index (Phi) is 5.69. The summed E-state index contributed by atoms with van der Waals surface area (Å²) in [6, 6.07) is 4.51. The predicted molar refractivity (Wildman–Crippen MR) is 89.7 cm³/mol. The smallest absolute Gasteiger partial charge is 0.292 e. The fourth-order valence-electron chi connectivity index (χ4n) is 1.85. The molecule has 1 aromatic carbocycles. The molecule has 0 bridgehead atoms. The summed E-state index contributed by atoms with van der Waals surface area (Å²) in [6.45, 7) is 1.84. The molecule has 8 heteroatoms. The Morgan fingerprint density at radius 2 is 2.09 bits per heavy atom. The van der Waals surface area contributed by atoms with Crippen LogP contribution in [0.4, 0.5) is 5.69 Å². The van der Waals surface area contributed by atoms with Crippen LogP contribution in [0.1, 0.15) is 13.3 Å². The van der Waals surface area contributed by atoms with Gasteiger partial charge < -0.3 is 10.4 Å². The van der Waals surface area contributed by atoms with Crippen molar-refractivity contribution in [2.75, 3.05) is 11.9 Å². The van der Waals surface area contributed by atoms with Crippen LogP contribution in [0.5, 0.6) is 0 Å². The van der Waals surface area contributed by atoms with Crippen molar-refractivity contribution in [3.63, 3.8) is 0 Å². The zero-order chi connectivity index (χ0) is 16.3. The normalized spacial score (nSPS) is 12.2. The minimum atomic E-state index is -0.510. The Hall–Kier alpha value is -1.27. The van der Waals surface area contributed by atoms with Crippen molar-refractivity contribution >= 4 is 40.5 Å². The van der Waals surface area contributed by atoms with Gasteiger partial charge in [-0.05, 0) is 24.6 Å². The summed E-state index contributed by atoms with van der Waals surface area (Å²) in [5.41, 5.74) is 0.247. The highest BCUT2D eigenvalue weighted by molar-refractivity contribution is 6.36. The van der Waals surface area contributed by atoms with Gasteiger partial charge in [-0.3, -0.25) is 4.79 Å². The lowest BCUT2D eigenvalue weighted by Gasteiger charge is -2.16. The van der Waals surface area contributed by atoms with Crippen LogP contribution in [0.15, 0.2) is 29.2 Å². The van der Waals surface area contributed by atoms with Crippen LogP contribution >= 0.6 is 34.8 Å². The van der Waals surface area contributed by atoms with Gasteiger partial charge in [-0.15, -0.1) is 0 Å². The third-order valence-corrected chi connectivity index (χ3v) is 4.03. The van der Waals surface area contributed by atoms with Gasteiger partial charge in [0.05, 0.1) is 29.2 Å². The van der Waals surface area contributed by atoms with Gasteiger partial charge in [-0.1, -0.05) is 41.7 Å². The highest BCUT2D eigenvalue weighted by Crippen LogP contribution is 2.24. The number of hydrogen-bond acceptors (Lipinski definition) is 4. The number of aliphatic hydroxyl groups is 1. The minimum Gasteiger partial charge on any atom is -0.394 e. The minimum absolute atomic E-state index is 0.0204. The van der Waals surface area contributed by atoms with Crippen molar-refractivity contribution in [3.05, 3.63) is 49.8 Å². The first-order valence-electron chi connectivity index (χ1n) is 6.58. The van der Waals surface area contributed by atoms with E-state index in [1.165, 1.54) is 12.3 Å². The second-order valence-electron chi connectivity index (χ2n) is 4.62. The highest BCUT2D eigenvalue weighted by atomic mass is 35.5. The molecule has 1 atom stereocenters. The maximum absolute atomic E-state index is 12.4. The third kappa shape index (κ3) is 3.55. The molecule has 0 aliphatic rings. The topological polar surface area (TPSA) is 67.2 Å². The van der Waals surface area contributed by atoms with Crippen LogP contribution < -0.4 is 10.9 Å². The van der Waals surface area contributed by atoms with Gasteiger partial charge in [-0.25, -0.2) is 0 Å². The Morgan fingerprint density at radius 3 is 2.68 bits per heavy atom. The van der Waals surface area contributed by atoms with Crippen LogP contribution in [0.25, 0.3) is 5.69 Å². The number of benzene rings is 1. The van der Waals surface area contributed by atoms with Crippen molar-refractivity contribution in [2.45, 2.75) is 19.4 Å². The zero-order valence-corrected chi connectivity index (χ0v) is 14.0. The Labute approximate surface area is 142 Å². The van der Waals surface area contributed by atoms with Crippen LogP contribution in [0.3, 0.4) is 0 Å². The highest BCUT2D eigenvalue weighted by Gasteiger charge is 2.15. The van der Waals surface area contributed by atoms with E-state index in [0.29, 0.717) is 27.8 Å². The molecule has 5 nitrogen and oxygen atoms in total. The zero-order valence-electron chi connectivity index (χ0n) is 11.7. The molecule has 22 heavy (non-hydrogen) atoms. The molecule has 0 saturated heterocycles. The summed E-state index contributed by atoms with van der Waals surface area (Å²) >= 11 is 18.0. The average molecular weight is 363 g/mol. The summed E-state index contributed by atoms with van der Waals surface area (Å²) in [4.78, 5) is 12.4. The van der Waals surface area contributed by atoms with Crippen LogP contribution in [0.2, 0.25) is 15.1 Å². The second-order valence-corrected chi connectivity index (χ2v) is 5.84. The standard InChI is InChI=1S/C14H14Cl3N3O2/c1-2-9(7-21)19-11-6-18-20(14(22)13(11)17)12-4-3-8(15)5-10(12)16/h3-6,9,19,21H,2,7H2,1H3/t9-/m1/s1. The number of anilines is 1. The molecule has 0 aliphatic carbocycles. The van der Waals surface area contributed by atoms with Crippen LogP contribution in [0, 0.1) is 0 Å². The summed E-state index contributed by atoms with van der Waals surface area (Å²) in [6.07, 6.45) is 2.10. The average Bonchev–Trinajstić information content (AvgIpc) is 2.50. The lowest BCUT2D eigenvalue weighted by molar-refractivity contribution is 0.272. The second kappa shape index (κ2) is 7.33. The molecule has 1 heterocycles. The molecule has 0 saturated carbocycles. The summed E-state index contributed by atoms with van der Waals surface area (Å²) in [5.74, 6) is 0. The van der Waals surface area contributed by atoms with E-state index in [9.17, 15) is 9.90 Å². The molecular formula is C14H14Cl3N3O2. The van der Waals surface area contributed by atoms with E-state index >= 15 is 0 Å². The molecule has 2 rings (SSSR count). The van der Waals surface area contributed by atoms with E-state index in [2.05, 4.69) is 10.4 Å². The number of halogens is 3. The SMILES string of the molecule is CC[C@H](CO)Nc1cnn(-c2ccc(Cl)cc2Cl)c(=O)c1Cl. The molecule has 0 amide bonds. The molecule has 0 aliphatic heterocycles. The Morgan fingerprint density at radius 1 is 1.36 bits per heavy atom. The van der Waals surface area contributed by atoms with E-state index in [-0.39, 0.29) is 17.7 Å². The van der Waals surface area contributed by atoms with Crippen LogP contribution in [-0.4, -0.2) is 27.5 Å². The maximum Gasteiger partial charge on any atom is 0.292 e. The van der Waals surface area contributed by atoms with Crippen molar-refractivity contribution in [2.24, 2.45) is 0 Å². The van der Waals surface area contributed by atoms with Gasteiger partial charge in [0, 0.05) is 11.1 Å². The van der Waals surface area contributed by atoms with Crippen molar-refractivity contribution in [3.8, 4) is 5.69 Å². The molecule has 0 unspecified atom stereocenters. The third-order valence-electron chi connectivity index (χ3n) is 3.13. The number of nitrogens with zero attached hydrogens (tertiary/aromatic N) is 2. The monoisotopic (exact) mass is 361 g/mol. The molecule has 2 aromatic rings. The van der Waals surface area contributed by atoms with Crippen molar-refractivity contribution < 1.29 is 5.11 Å². The summed E-state index contributed by atoms with van der Waals surface area (Å²) in [5, 5.41) is 17.0. The van der Waals surface area contributed by atoms with Crippen molar-refractivity contribution in [1.82, 2.24) is 9.78 Å². The fraction of sp³-hybridized carbons (Fsp3) is 0.286. The first-order chi connectivity index (χ1) is 10.5. The fourth-order valence-corrected chi connectivity index (χ4v) is 2.53. The van der Waals surface area contributed by atoms with Gasteiger partial charge in [0.15, 0.2) is 0 Å². The van der Waals surface area contributed by atoms with E-state index in [0.717, 1.165) is 4.68 Å². The van der Waals surface area contributed by atoms with E-state index in [1.54, 1.807) is 12.1 Å². The van der Waals surface area contributed by atoms with Crippen LogP contribution in [-0.2, 0) is 0 Å². The molecular weight excluding hydrogens is 349 g/mol. The van der Waals surface area contributed by atoms with Gasteiger partial charge in [0.1, 0.15) is 5.02 Å². The maximum atomic E-state index is 12.4. The van der Waals surface area contributed by atoms with E-state index in [1.807, 2.05) is 6.92 Å². The Balaban J connectivity index is 2.44. The quantitative estimate of drug-likeness (QED) is 0.856. The largest absolute Gasteiger partial charge is 0.394 e. The summed E-state index contributed by atoms with van der Waals surface area (Å²) < 4.78 is 1.10. The lowest BCUT2D eigenvalue weighted by atomic mass is 10.2. The number of rotatable bonds is 5. The molecule has 0 spiro atoms.